The number of hydrogen-bond donors (Lipinski definition) is 0. The maximum absolute atomic E-state index is 4.84. The molecule has 0 N–H and O–H groups in total. The molecule has 2 aliphatic carbocycles. The van der Waals surface area contributed by atoms with Gasteiger partial charge in [-0.2, -0.15) is 0 Å². The Labute approximate surface area is 111 Å². The third-order valence-electron chi connectivity index (χ3n) is 3.66. The van der Waals surface area contributed by atoms with Crippen LogP contribution in [0.4, 0.5) is 0 Å². The molecule has 3 aliphatic rings. The van der Waals surface area contributed by atoms with Crippen molar-refractivity contribution in [3.8, 4) is 0 Å². The molecule has 1 aliphatic heterocycles. The van der Waals surface area contributed by atoms with E-state index in [0.717, 1.165) is 0 Å². The van der Waals surface area contributed by atoms with Crippen LogP contribution in [0.15, 0.2) is 53.6 Å². The predicted octanol–water partition coefficient (Wildman–Crippen LogP) is 2.94. The van der Waals surface area contributed by atoms with Crippen LogP contribution in [-0.2, 0) is 0 Å². The standard InChI is InChI=1S/C15H11NTe/c1-2-5-12-11(4-1)8-9-15-13(12)6-3-7-14(15)17-10-16-15/h1-10,14H. The molecule has 0 radical (unpaired) electrons. The van der Waals surface area contributed by atoms with Gasteiger partial charge in [0, 0.05) is 0 Å². The second-order valence-corrected chi connectivity index (χ2v) is 7.33. The molecule has 2 heteroatoms. The summed E-state index contributed by atoms with van der Waals surface area (Å²) in [4.78, 5) is 4.84. The summed E-state index contributed by atoms with van der Waals surface area (Å²) in [6.07, 6.45) is 11.4. The first-order valence-electron chi connectivity index (χ1n) is 5.77. The first-order chi connectivity index (χ1) is 8.40. The molecule has 0 saturated heterocycles. The van der Waals surface area contributed by atoms with Crippen molar-refractivity contribution < 1.29 is 0 Å². The molecule has 4 rings (SSSR count). The average molecular weight is 333 g/mol. The van der Waals surface area contributed by atoms with Crippen LogP contribution >= 0.6 is 0 Å². The van der Waals surface area contributed by atoms with Gasteiger partial charge in [0.25, 0.3) is 0 Å². The van der Waals surface area contributed by atoms with Crippen LogP contribution in [0, 0.1) is 0 Å². The Balaban J connectivity index is 2.02. The molecule has 0 aromatic heterocycles. The van der Waals surface area contributed by atoms with E-state index in [9.17, 15) is 0 Å². The summed E-state index contributed by atoms with van der Waals surface area (Å²) in [5.41, 5.74) is 4.02. The zero-order chi connectivity index (χ0) is 11.3. The molecule has 0 fully saturated rings. The normalized spacial score (nSPS) is 31.8. The van der Waals surface area contributed by atoms with E-state index in [1.54, 1.807) is 0 Å². The summed E-state index contributed by atoms with van der Waals surface area (Å²) < 4.78 is 2.84. The van der Waals surface area contributed by atoms with Crippen molar-refractivity contribution in [3.05, 3.63) is 59.7 Å². The SMILES string of the molecule is C1=CC2[Te]C=NC23C=Cc2ccccc2C3=C1. The summed E-state index contributed by atoms with van der Waals surface area (Å²) in [6, 6.07) is 8.62. The number of fused-ring (bicyclic) bond motifs is 2. The molecule has 1 aromatic carbocycles. The van der Waals surface area contributed by atoms with E-state index >= 15 is 0 Å². The Morgan fingerprint density at radius 3 is 3.18 bits per heavy atom. The fourth-order valence-electron chi connectivity index (χ4n) is 2.80. The zero-order valence-corrected chi connectivity index (χ0v) is 11.5. The molecule has 82 valence electrons. The molecule has 0 amide bonds. The maximum atomic E-state index is 4.84. The summed E-state index contributed by atoms with van der Waals surface area (Å²) >= 11 is -0.116. The third-order valence-corrected chi connectivity index (χ3v) is 6.61. The summed E-state index contributed by atoms with van der Waals surface area (Å²) in [5.74, 6) is 0. The van der Waals surface area contributed by atoms with Gasteiger partial charge in [0.1, 0.15) is 0 Å². The van der Waals surface area contributed by atoms with Gasteiger partial charge in [-0.15, -0.1) is 0 Å². The van der Waals surface area contributed by atoms with Gasteiger partial charge in [0.15, 0.2) is 0 Å². The molecule has 1 nitrogen and oxygen atoms in total. The zero-order valence-electron chi connectivity index (χ0n) is 9.21. The molecule has 1 aromatic rings. The average Bonchev–Trinajstić information content (AvgIpc) is 2.80. The first kappa shape index (κ1) is 9.88. The molecule has 17 heavy (non-hydrogen) atoms. The Morgan fingerprint density at radius 1 is 1.24 bits per heavy atom. The van der Waals surface area contributed by atoms with Crippen molar-refractivity contribution in [3.63, 3.8) is 0 Å². The summed E-state index contributed by atoms with van der Waals surface area (Å²) in [6.45, 7) is 0. The van der Waals surface area contributed by atoms with Crippen LogP contribution < -0.4 is 0 Å². The second-order valence-electron chi connectivity index (χ2n) is 4.50. The van der Waals surface area contributed by atoms with Gasteiger partial charge in [-0.3, -0.25) is 0 Å². The Morgan fingerprint density at radius 2 is 2.18 bits per heavy atom. The fraction of sp³-hybridized carbons (Fsp3) is 0.133. The number of allylic oxidation sites excluding steroid dienone is 2. The number of hydrogen-bond acceptors (Lipinski definition) is 1. The molecule has 1 spiro atoms. The van der Waals surface area contributed by atoms with E-state index in [1.807, 2.05) is 0 Å². The van der Waals surface area contributed by atoms with Gasteiger partial charge < -0.3 is 0 Å². The number of aliphatic imine (C=N–C) groups is 1. The van der Waals surface area contributed by atoms with Crippen LogP contribution in [0.1, 0.15) is 11.1 Å². The van der Waals surface area contributed by atoms with Gasteiger partial charge in [0.05, 0.1) is 0 Å². The minimum absolute atomic E-state index is 0.0503. The van der Waals surface area contributed by atoms with Crippen LogP contribution in [0.3, 0.4) is 0 Å². The minimum atomic E-state index is -0.116. The molecule has 2 unspecified atom stereocenters. The van der Waals surface area contributed by atoms with E-state index in [-0.39, 0.29) is 26.5 Å². The molecule has 0 saturated carbocycles. The van der Waals surface area contributed by atoms with Gasteiger partial charge in [-0.1, -0.05) is 0 Å². The van der Waals surface area contributed by atoms with Gasteiger partial charge in [-0.25, -0.2) is 0 Å². The molecule has 2 atom stereocenters. The van der Waals surface area contributed by atoms with Crippen molar-refractivity contribution in [2.75, 3.05) is 0 Å². The van der Waals surface area contributed by atoms with Crippen molar-refractivity contribution in [1.29, 1.82) is 0 Å². The fourth-order valence-corrected chi connectivity index (χ4v) is 5.72. The van der Waals surface area contributed by atoms with Gasteiger partial charge in [0.2, 0.25) is 0 Å². The molecule has 0 bridgehead atoms. The topological polar surface area (TPSA) is 12.4 Å². The van der Waals surface area contributed by atoms with E-state index in [4.69, 9.17) is 4.99 Å². The summed E-state index contributed by atoms with van der Waals surface area (Å²) in [5, 5.41) is 0. The molecular weight excluding hydrogens is 322 g/mol. The first-order valence-corrected chi connectivity index (χ1v) is 8.46. The van der Waals surface area contributed by atoms with Crippen molar-refractivity contribution in [2.24, 2.45) is 4.99 Å². The second kappa shape index (κ2) is 3.45. The van der Waals surface area contributed by atoms with Crippen LogP contribution in [0.5, 0.6) is 0 Å². The van der Waals surface area contributed by atoms with E-state index in [2.05, 4.69) is 58.9 Å². The van der Waals surface area contributed by atoms with Gasteiger partial charge >= 0.3 is 111 Å². The predicted molar refractivity (Wildman–Crippen MR) is 73.3 cm³/mol. The number of rotatable bonds is 0. The van der Waals surface area contributed by atoms with Gasteiger partial charge in [-0.05, 0) is 0 Å². The number of nitrogens with zero attached hydrogens (tertiary/aromatic N) is 1. The van der Waals surface area contributed by atoms with Crippen molar-refractivity contribution in [1.82, 2.24) is 0 Å². The quantitative estimate of drug-likeness (QED) is 0.648. The number of benzene rings is 1. The van der Waals surface area contributed by atoms with E-state index in [0.29, 0.717) is 3.97 Å². The van der Waals surface area contributed by atoms with Crippen LogP contribution in [0.25, 0.3) is 11.6 Å². The van der Waals surface area contributed by atoms with Crippen LogP contribution in [0.2, 0.25) is 3.97 Å². The van der Waals surface area contributed by atoms with E-state index in [1.165, 1.54) is 16.7 Å². The van der Waals surface area contributed by atoms with Crippen LogP contribution in [-0.4, -0.2) is 30.7 Å². The van der Waals surface area contributed by atoms with E-state index < -0.39 is 0 Å². The third kappa shape index (κ3) is 1.23. The van der Waals surface area contributed by atoms with Crippen molar-refractivity contribution >= 4 is 36.8 Å². The molecule has 1 heterocycles. The summed E-state index contributed by atoms with van der Waals surface area (Å²) in [7, 11) is 0. The Bertz CT molecular complexity index is 609. The molecular formula is C15H11NTe. The Kier molecular flexibility index (Phi) is 2.00. The monoisotopic (exact) mass is 335 g/mol. The Hall–Kier alpha value is -1.10. The van der Waals surface area contributed by atoms with Crippen molar-refractivity contribution in [2.45, 2.75) is 9.50 Å².